The van der Waals surface area contributed by atoms with Crippen LogP contribution >= 0.6 is 11.3 Å². The van der Waals surface area contributed by atoms with Gasteiger partial charge in [0, 0.05) is 37.1 Å². The lowest BCUT2D eigenvalue weighted by Crippen LogP contribution is -2.38. The lowest BCUT2D eigenvalue weighted by Gasteiger charge is -2.22. The van der Waals surface area contributed by atoms with E-state index in [0.29, 0.717) is 45.1 Å². The number of nitrogens with zero attached hydrogens (tertiary/aromatic N) is 2. The van der Waals surface area contributed by atoms with Crippen LogP contribution in [0.2, 0.25) is 0 Å². The van der Waals surface area contributed by atoms with Crippen molar-refractivity contribution in [2.75, 3.05) is 26.2 Å². The fraction of sp³-hybridized carbons (Fsp3) is 0.333. The summed E-state index contributed by atoms with van der Waals surface area (Å²) in [6.45, 7) is 1.77. The predicted molar refractivity (Wildman–Crippen MR) is 91.5 cm³/mol. The third kappa shape index (κ3) is 4.22. The van der Waals surface area contributed by atoms with Crippen LogP contribution in [0.1, 0.15) is 21.7 Å². The van der Waals surface area contributed by atoms with Crippen LogP contribution in [0.3, 0.4) is 0 Å². The first-order chi connectivity index (χ1) is 12.0. The Labute approximate surface area is 148 Å². The highest BCUT2D eigenvalue weighted by Gasteiger charge is 2.24. The average molecular weight is 364 g/mol. The summed E-state index contributed by atoms with van der Waals surface area (Å²) in [6.07, 6.45) is 0.989. The van der Waals surface area contributed by atoms with Crippen LogP contribution in [0.15, 0.2) is 35.7 Å². The summed E-state index contributed by atoms with van der Waals surface area (Å²) in [6, 6.07) is 6.78. The molecule has 0 unspecified atom stereocenters. The second-order valence-corrected chi connectivity index (χ2v) is 6.94. The number of hydrogen-bond acceptors (Lipinski definition) is 3. The van der Waals surface area contributed by atoms with Gasteiger partial charge in [0.05, 0.1) is 12.0 Å². The van der Waals surface area contributed by atoms with Crippen molar-refractivity contribution in [1.29, 1.82) is 0 Å². The van der Waals surface area contributed by atoms with E-state index in [-0.39, 0.29) is 11.5 Å². The smallest absolute Gasteiger partial charge is 0.256 e. The summed E-state index contributed by atoms with van der Waals surface area (Å²) in [5, 5.41) is 1.93. The molecule has 3 rings (SSSR count). The molecule has 0 aliphatic carbocycles. The average Bonchev–Trinajstić information content (AvgIpc) is 2.95. The molecule has 2 amide bonds. The van der Waals surface area contributed by atoms with E-state index in [1.807, 2.05) is 17.5 Å². The molecule has 1 aromatic carbocycles. The highest BCUT2D eigenvalue weighted by molar-refractivity contribution is 7.10. The molecule has 1 aliphatic rings. The molecular formula is C18H18F2N2O2S. The van der Waals surface area contributed by atoms with Gasteiger partial charge in [0.1, 0.15) is 11.6 Å². The summed E-state index contributed by atoms with van der Waals surface area (Å²) in [5.41, 5.74) is -0.139. The largest absolute Gasteiger partial charge is 0.341 e. The van der Waals surface area contributed by atoms with Gasteiger partial charge in [-0.15, -0.1) is 11.3 Å². The van der Waals surface area contributed by atoms with Gasteiger partial charge in [0.25, 0.3) is 5.91 Å². The van der Waals surface area contributed by atoms with E-state index in [4.69, 9.17) is 0 Å². The van der Waals surface area contributed by atoms with Crippen molar-refractivity contribution in [2.24, 2.45) is 0 Å². The van der Waals surface area contributed by atoms with Gasteiger partial charge in [-0.2, -0.15) is 0 Å². The molecule has 7 heteroatoms. The molecule has 1 fully saturated rings. The standard InChI is InChI=1S/C18H18F2N2O2S/c19-13-4-5-15(16(20)11-13)18(24)22-7-2-6-21(8-9-22)17(23)12-14-3-1-10-25-14/h1,3-5,10-11H,2,6-9,12H2. The van der Waals surface area contributed by atoms with Crippen LogP contribution in [0, 0.1) is 11.6 Å². The van der Waals surface area contributed by atoms with Crippen LogP contribution in [-0.2, 0) is 11.2 Å². The first kappa shape index (κ1) is 17.5. The lowest BCUT2D eigenvalue weighted by molar-refractivity contribution is -0.130. The van der Waals surface area contributed by atoms with E-state index < -0.39 is 17.5 Å². The van der Waals surface area contributed by atoms with Crippen LogP contribution in [-0.4, -0.2) is 47.8 Å². The Morgan fingerprint density at radius 2 is 1.80 bits per heavy atom. The van der Waals surface area contributed by atoms with Crippen molar-refractivity contribution in [3.05, 3.63) is 57.8 Å². The molecule has 1 saturated heterocycles. The van der Waals surface area contributed by atoms with Gasteiger partial charge in [-0.25, -0.2) is 8.78 Å². The highest BCUT2D eigenvalue weighted by Crippen LogP contribution is 2.16. The number of halogens is 2. The zero-order valence-corrected chi connectivity index (χ0v) is 14.4. The van der Waals surface area contributed by atoms with E-state index >= 15 is 0 Å². The SMILES string of the molecule is O=C(Cc1cccs1)N1CCCN(C(=O)c2ccc(F)cc2F)CC1. The molecule has 0 N–H and O–H groups in total. The number of rotatable bonds is 3. The van der Waals surface area contributed by atoms with E-state index in [1.54, 1.807) is 16.2 Å². The minimum absolute atomic E-state index is 0.0321. The minimum Gasteiger partial charge on any atom is -0.341 e. The Morgan fingerprint density at radius 3 is 2.52 bits per heavy atom. The molecule has 0 saturated carbocycles. The van der Waals surface area contributed by atoms with E-state index in [1.165, 1.54) is 4.90 Å². The predicted octanol–water partition coefficient (Wildman–Crippen LogP) is 2.94. The third-order valence-electron chi connectivity index (χ3n) is 4.20. The second-order valence-electron chi connectivity index (χ2n) is 5.91. The second kappa shape index (κ2) is 7.74. The summed E-state index contributed by atoms with van der Waals surface area (Å²) >= 11 is 1.54. The van der Waals surface area contributed by atoms with Crippen LogP contribution in [0.4, 0.5) is 8.78 Å². The number of carbonyl (C=O) groups is 2. The third-order valence-corrected chi connectivity index (χ3v) is 5.08. The van der Waals surface area contributed by atoms with Crippen LogP contribution < -0.4 is 0 Å². The van der Waals surface area contributed by atoms with Gasteiger partial charge in [0.15, 0.2) is 0 Å². The Kier molecular flexibility index (Phi) is 5.43. The molecule has 0 radical (unpaired) electrons. The molecule has 1 aromatic heterocycles. The van der Waals surface area contributed by atoms with E-state index in [2.05, 4.69) is 0 Å². The van der Waals surface area contributed by atoms with Gasteiger partial charge in [-0.3, -0.25) is 9.59 Å². The zero-order chi connectivity index (χ0) is 17.8. The van der Waals surface area contributed by atoms with Crippen molar-refractivity contribution < 1.29 is 18.4 Å². The molecule has 25 heavy (non-hydrogen) atoms. The molecule has 4 nitrogen and oxygen atoms in total. The summed E-state index contributed by atoms with van der Waals surface area (Å²) in [4.78, 5) is 29.1. The van der Waals surface area contributed by atoms with Crippen molar-refractivity contribution in [2.45, 2.75) is 12.8 Å². The Hall–Kier alpha value is -2.28. The topological polar surface area (TPSA) is 40.6 Å². The monoisotopic (exact) mass is 364 g/mol. The van der Waals surface area contributed by atoms with Crippen molar-refractivity contribution >= 4 is 23.2 Å². The maximum absolute atomic E-state index is 13.8. The fourth-order valence-electron chi connectivity index (χ4n) is 2.88. The molecule has 2 heterocycles. The molecule has 0 bridgehead atoms. The number of carbonyl (C=O) groups excluding carboxylic acids is 2. The van der Waals surface area contributed by atoms with Gasteiger partial charge in [-0.05, 0) is 30.0 Å². The summed E-state index contributed by atoms with van der Waals surface area (Å²) in [7, 11) is 0. The van der Waals surface area contributed by atoms with Crippen LogP contribution in [0.5, 0.6) is 0 Å². The number of benzene rings is 1. The zero-order valence-electron chi connectivity index (χ0n) is 13.6. The van der Waals surface area contributed by atoms with Gasteiger partial charge in [0.2, 0.25) is 5.91 Å². The molecule has 0 spiro atoms. The molecule has 0 atom stereocenters. The molecular weight excluding hydrogens is 346 g/mol. The van der Waals surface area contributed by atoms with E-state index in [0.717, 1.165) is 17.0 Å². The first-order valence-corrected chi connectivity index (χ1v) is 8.97. The minimum atomic E-state index is -0.861. The van der Waals surface area contributed by atoms with Gasteiger partial charge in [-0.1, -0.05) is 6.07 Å². The lowest BCUT2D eigenvalue weighted by atomic mass is 10.1. The van der Waals surface area contributed by atoms with Gasteiger partial charge >= 0.3 is 0 Å². The number of hydrogen-bond donors (Lipinski definition) is 0. The molecule has 132 valence electrons. The van der Waals surface area contributed by atoms with Crippen molar-refractivity contribution in [3.8, 4) is 0 Å². The van der Waals surface area contributed by atoms with Crippen LogP contribution in [0.25, 0.3) is 0 Å². The Balaban J connectivity index is 1.63. The van der Waals surface area contributed by atoms with Gasteiger partial charge < -0.3 is 9.80 Å². The summed E-state index contributed by atoms with van der Waals surface area (Å²) in [5.74, 6) is -2.01. The first-order valence-electron chi connectivity index (χ1n) is 8.09. The maximum atomic E-state index is 13.8. The summed E-state index contributed by atoms with van der Waals surface area (Å²) < 4.78 is 26.8. The quantitative estimate of drug-likeness (QED) is 0.840. The fourth-order valence-corrected chi connectivity index (χ4v) is 3.57. The normalized spacial score (nSPS) is 15.1. The van der Waals surface area contributed by atoms with Crippen molar-refractivity contribution in [3.63, 3.8) is 0 Å². The molecule has 2 aromatic rings. The van der Waals surface area contributed by atoms with E-state index in [9.17, 15) is 18.4 Å². The van der Waals surface area contributed by atoms with Crippen molar-refractivity contribution in [1.82, 2.24) is 9.80 Å². The number of thiophene rings is 1. The highest BCUT2D eigenvalue weighted by atomic mass is 32.1. The molecule has 1 aliphatic heterocycles. The Bertz CT molecular complexity index is 764. The number of amides is 2. The maximum Gasteiger partial charge on any atom is 0.256 e. The Morgan fingerprint density at radius 1 is 1.04 bits per heavy atom.